The minimum Gasteiger partial charge on any atom is -0.493 e. The van der Waals surface area contributed by atoms with E-state index in [1.807, 2.05) is 36.5 Å². The zero-order valence-corrected chi connectivity index (χ0v) is 16.5. The lowest BCUT2D eigenvalue weighted by Gasteiger charge is -2.26. The number of aromatic nitrogens is 1. The molecule has 2 aromatic rings. The maximum absolute atomic E-state index is 9.40. The van der Waals surface area contributed by atoms with E-state index in [-0.39, 0.29) is 29.3 Å². The number of hydrogen-bond acceptors (Lipinski definition) is 11. The number of anilines is 3. The first kappa shape index (κ1) is 20.2. The molecule has 1 fully saturated rings. The number of nitrogens with zero attached hydrogens (tertiary/aromatic N) is 4. The van der Waals surface area contributed by atoms with Gasteiger partial charge in [-0.25, -0.2) is 9.98 Å². The molecule has 2 aliphatic rings. The van der Waals surface area contributed by atoms with Crippen LogP contribution in [0.2, 0.25) is 0 Å². The summed E-state index contributed by atoms with van der Waals surface area (Å²) < 4.78 is 16.5. The zero-order valence-electron chi connectivity index (χ0n) is 16.5. The third-order valence-electron chi connectivity index (χ3n) is 4.87. The van der Waals surface area contributed by atoms with Gasteiger partial charge in [0.05, 0.1) is 25.5 Å². The number of nitrogen functional groups attached to an aromatic ring is 2. The van der Waals surface area contributed by atoms with E-state index in [0.29, 0.717) is 43.4 Å². The van der Waals surface area contributed by atoms with Gasteiger partial charge in [-0.15, -0.1) is 0 Å². The van der Waals surface area contributed by atoms with E-state index in [4.69, 9.17) is 30.9 Å². The summed E-state index contributed by atoms with van der Waals surface area (Å²) in [5, 5.41) is 23.7. The summed E-state index contributed by atoms with van der Waals surface area (Å²) in [6, 6.07) is 8.69. The van der Waals surface area contributed by atoms with Crippen molar-refractivity contribution in [1.29, 1.82) is 10.5 Å². The third kappa shape index (κ3) is 4.14. The van der Waals surface area contributed by atoms with Crippen molar-refractivity contribution in [2.75, 3.05) is 36.6 Å². The van der Waals surface area contributed by atoms with Gasteiger partial charge in [0.1, 0.15) is 35.1 Å². The second-order valence-corrected chi connectivity index (χ2v) is 6.78. The number of hydrogen-bond donors (Lipinski definition) is 4. The summed E-state index contributed by atoms with van der Waals surface area (Å²) >= 11 is 0. The van der Waals surface area contributed by atoms with Gasteiger partial charge >= 0.3 is 0 Å². The molecule has 1 aromatic carbocycles. The van der Waals surface area contributed by atoms with E-state index >= 15 is 0 Å². The predicted octanol–water partition coefficient (Wildman–Crippen LogP) is 1.20. The van der Waals surface area contributed by atoms with Crippen molar-refractivity contribution in [2.45, 2.75) is 18.8 Å². The molecule has 0 saturated carbocycles. The fraction of sp³-hybridized carbons (Fsp3) is 0.300. The summed E-state index contributed by atoms with van der Waals surface area (Å²) in [7, 11) is 0. The second kappa shape index (κ2) is 8.75. The highest BCUT2D eigenvalue weighted by Gasteiger charge is 2.29. The van der Waals surface area contributed by atoms with Crippen molar-refractivity contribution in [3.63, 3.8) is 0 Å². The molecular formula is C20H20N8O3. The van der Waals surface area contributed by atoms with Crippen molar-refractivity contribution in [3.05, 3.63) is 41.0 Å². The Bertz CT molecular complexity index is 1080. The molecule has 1 saturated heterocycles. The highest BCUT2D eigenvalue weighted by Crippen LogP contribution is 2.40. The van der Waals surface area contributed by atoms with Gasteiger partial charge in [0, 0.05) is 12.0 Å². The van der Waals surface area contributed by atoms with Gasteiger partial charge in [0.25, 0.3) is 0 Å². The van der Waals surface area contributed by atoms with E-state index < -0.39 is 6.04 Å². The number of rotatable bonds is 5. The van der Waals surface area contributed by atoms with Crippen LogP contribution in [0.25, 0.3) is 0 Å². The highest BCUT2D eigenvalue weighted by molar-refractivity contribution is 5.98. The molecule has 1 unspecified atom stereocenters. The number of guanidine groups is 1. The van der Waals surface area contributed by atoms with Crippen LogP contribution < -0.4 is 26.8 Å². The molecule has 158 valence electrons. The van der Waals surface area contributed by atoms with Crippen molar-refractivity contribution in [2.24, 2.45) is 4.99 Å². The summed E-state index contributed by atoms with van der Waals surface area (Å²) in [4.78, 5) is 8.76. The van der Waals surface area contributed by atoms with Gasteiger partial charge in [-0.1, -0.05) is 12.1 Å². The third-order valence-corrected chi connectivity index (χ3v) is 4.87. The molecule has 1 aromatic heterocycles. The minimum atomic E-state index is -0.596. The van der Waals surface area contributed by atoms with E-state index in [2.05, 4.69) is 20.6 Å². The number of ether oxygens (including phenoxy) is 3. The Kier molecular flexibility index (Phi) is 5.71. The molecule has 0 radical (unpaired) electrons. The number of benzene rings is 1. The SMILES string of the molecule is N#CNC1=NC(c2ccc(OCCC3OCCO3)cc2)c2c(nc(N)c(C#N)c2N)N1. The van der Waals surface area contributed by atoms with Gasteiger partial charge in [0.15, 0.2) is 12.5 Å². The van der Waals surface area contributed by atoms with Crippen molar-refractivity contribution >= 4 is 23.3 Å². The Hall–Kier alpha value is -4.06. The van der Waals surface area contributed by atoms with Crippen LogP contribution in [0, 0.1) is 22.8 Å². The van der Waals surface area contributed by atoms with Gasteiger partial charge in [-0.05, 0) is 17.7 Å². The van der Waals surface area contributed by atoms with E-state index in [0.717, 1.165) is 5.56 Å². The van der Waals surface area contributed by atoms with E-state index in [1.165, 1.54) is 0 Å². The number of nitrogens with two attached hydrogens (primary N) is 2. The lowest BCUT2D eigenvalue weighted by molar-refractivity contribution is -0.0531. The summed E-state index contributed by atoms with van der Waals surface area (Å²) in [6.07, 6.45) is 2.24. The van der Waals surface area contributed by atoms with Crippen molar-refractivity contribution in [1.82, 2.24) is 10.3 Å². The van der Waals surface area contributed by atoms with Crippen LogP contribution in [0.1, 0.15) is 29.2 Å². The fourth-order valence-electron chi connectivity index (χ4n) is 3.42. The largest absolute Gasteiger partial charge is 0.493 e. The van der Waals surface area contributed by atoms with Crippen LogP contribution in [0.15, 0.2) is 29.3 Å². The van der Waals surface area contributed by atoms with Crippen LogP contribution >= 0.6 is 0 Å². The quantitative estimate of drug-likeness (QED) is 0.406. The summed E-state index contributed by atoms with van der Waals surface area (Å²) in [5.41, 5.74) is 13.7. The standard InChI is InChI=1S/C20H20N8O3/c21-9-13-16(23)15-17(26-20(25-10-22)28-19(15)27-18(13)24)11-1-3-12(4-2-11)29-6-5-14-30-7-8-31-14/h1-4,14,17H,5-8H2,(H6,23,24,25,26,27,28). The first-order chi connectivity index (χ1) is 15.1. The summed E-state index contributed by atoms with van der Waals surface area (Å²) in [5.74, 6) is 1.22. The lowest BCUT2D eigenvalue weighted by atomic mass is 9.95. The number of aliphatic imine (C=N–C) groups is 1. The molecule has 1 atom stereocenters. The molecule has 3 heterocycles. The van der Waals surface area contributed by atoms with E-state index in [1.54, 1.807) is 0 Å². The van der Waals surface area contributed by atoms with Crippen molar-refractivity contribution in [3.8, 4) is 18.0 Å². The monoisotopic (exact) mass is 420 g/mol. The first-order valence-electron chi connectivity index (χ1n) is 9.55. The van der Waals surface area contributed by atoms with Gasteiger partial charge in [-0.3, -0.25) is 5.32 Å². The smallest absolute Gasteiger partial charge is 0.211 e. The molecule has 2 aliphatic heterocycles. The number of nitriles is 2. The number of fused-ring (bicyclic) bond motifs is 1. The Morgan fingerprint density at radius 3 is 2.61 bits per heavy atom. The van der Waals surface area contributed by atoms with Crippen LogP contribution in [-0.2, 0) is 9.47 Å². The average molecular weight is 420 g/mol. The Morgan fingerprint density at radius 1 is 1.19 bits per heavy atom. The molecule has 11 heteroatoms. The molecule has 0 spiro atoms. The molecule has 0 aliphatic carbocycles. The lowest BCUT2D eigenvalue weighted by Crippen LogP contribution is -2.32. The first-order valence-corrected chi connectivity index (χ1v) is 9.55. The zero-order chi connectivity index (χ0) is 21.8. The van der Waals surface area contributed by atoms with Gasteiger partial charge < -0.3 is 31.0 Å². The average Bonchev–Trinajstić information content (AvgIpc) is 3.28. The predicted molar refractivity (Wildman–Crippen MR) is 112 cm³/mol. The van der Waals surface area contributed by atoms with E-state index in [9.17, 15) is 5.26 Å². The highest BCUT2D eigenvalue weighted by atomic mass is 16.7. The Balaban J connectivity index is 1.59. The molecule has 31 heavy (non-hydrogen) atoms. The number of nitrogens with one attached hydrogen (secondary N) is 2. The van der Waals surface area contributed by atoms with Crippen LogP contribution in [0.3, 0.4) is 0 Å². The molecule has 11 nitrogen and oxygen atoms in total. The maximum atomic E-state index is 9.40. The minimum absolute atomic E-state index is 0.00202. The van der Waals surface area contributed by atoms with Crippen molar-refractivity contribution < 1.29 is 14.2 Å². The normalized spacial score (nSPS) is 17.6. The van der Waals surface area contributed by atoms with Crippen LogP contribution in [0.5, 0.6) is 5.75 Å². The maximum Gasteiger partial charge on any atom is 0.211 e. The van der Waals surface area contributed by atoms with Gasteiger partial charge in [-0.2, -0.15) is 10.5 Å². The second-order valence-electron chi connectivity index (χ2n) is 6.78. The molecule has 0 amide bonds. The topological polar surface area (TPSA) is 177 Å². The molecule has 0 bridgehead atoms. The fourth-order valence-corrected chi connectivity index (χ4v) is 3.42. The Labute approximate surface area is 178 Å². The van der Waals surface area contributed by atoms with Crippen LogP contribution in [0.4, 0.5) is 17.3 Å². The molecule has 4 rings (SSSR count). The molecule has 6 N–H and O–H groups in total. The van der Waals surface area contributed by atoms with Crippen LogP contribution in [-0.4, -0.2) is 37.1 Å². The van der Waals surface area contributed by atoms with Gasteiger partial charge in [0.2, 0.25) is 5.96 Å². The number of pyridine rings is 1. The Morgan fingerprint density at radius 2 is 1.94 bits per heavy atom. The summed E-state index contributed by atoms with van der Waals surface area (Å²) in [6.45, 7) is 1.67. The molecular weight excluding hydrogens is 400 g/mol.